The fourth-order valence-corrected chi connectivity index (χ4v) is 14.8. The molecule has 0 radical (unpaired) electrons. The average molecular weight is 1640 g/mol. The predicted octanol–water partition coefficient (Wildman–Crippen LogP) is 19.9. The van der Waals surface area contributed by atoms with E-state index in [1.54, 1.807) is 54.6 Å². The van der Waals surface area contributed by atoms with Crippen molar-refractivity contribution < 1.29 is 28.6 Å². The summed E-state index contributed by atoms with van der Waals surface area (Å²) < 4.78 is 21.6. The molecule has 15 aromatic rings. The maximum absolute atomic E-state index is 14.5. The number of pyridine rings is 3. The van der Waals surface area contributed by atoms with Crippen LogP contribution < -0.4 is 30.2 Å². The van der Waals surface area contributed by atoms with E-state index in [4.69, 9.17) is 44.1 Å². The van der Waals surface area contributed by atoms with Gasteiger partial charge in [0.1, 0.15) is 105 Å². The fourth-order valence-electron chi connectivity index (χ4n) is 14.8. The Balaban J connectivity index is 0.762. The molecule has 3 amide bonds. The highest BCUT2D eigenvalue weighted by molar-refractivity contribution is 5.94. The second-order valence-electron chi connectivity index (χ2n) is 33.5. The molecule has 0 aliphatic carbocycles. The molecule has 15 rings (SSSR count). The molecule has 21 nitrogen and oxygen atoms in total. The number of hydrogen-bond donors (Lipinski definition) is 3. The van der Waals surface area contributed by atoms with Gasteiger partial charge in [-0.25, -0.2) is 29.9 Å². The number of hydrogen-bond acceptors (Lipinski definition) is 18. The molecule has 0 saturated heterocycles. The van der Waals surface area contributed by atoms with Gasteiger partial charge in [0.15, 0.2) is 0 Å². The van der Waals surface area contributed by atoms with Crippen molar-refractivity contribution in [1.82, 2.24) is 76.4 Å². The van der Waals surface area contributed by atoms with Gasteiger partial charge in [0.05, 0.1) is 19.6 Å². The Morgan fingerprint density at radius 3 is 0.750 bits per heavy atom. The lowest BCUT2D eigenvalue weighted by Gasteiger charge is -2.33. The third kappa shape index (κ3) is 19.5. The van der Waals surface area contributed by atoms with Crippen molar-refractivity contribution in [1.29, 1.82) is 0 Å². The van der Waals surface area contributed by atoms with E-state index in [0.29, 0.717) is 68.5 Å². The van der Waals surface area contributed by atoms with Gasteiger partial charge in [-0.3, -0.25) is 14.4 Å². The smallest absolute Gasteiger partial charge is 0.270 e. The standard InChI is InChI=1S/C103H97N15O6/c1-64-58-73(101(4,5)6)61-76(92(64)122-55-52-104-98(119)82-49-31-46-79(107-82)95-110-86(67-34-19-13-20-35-67)89(113-116-95)70-40-25-16-26-41-70)85(77-62-74(102(7,8)9)59-65(2)93(77)123-56-53-105-99(120)83-50-32-47-80(108-83)96-111-87(68-36-21-14-22-37-68)90(114-117-96)71-42-27-17-28-43-71)78-63-75(103(10,11)12)60-66(3)94(78)124-57-54-106-100(121)84-51-33-48-81(109-84)97-112-88(69-38-23-15-24-39-69)91(115-118-97)72-44-29-18-30-45-72/h13-51,58-63,85H,52-57H2,1-12H3,(H,104,119)(H,105,120)(H,106,121). The van der Waals surface area contributed by atoms with E-state index in [0.717, 1.165) is 83.5 Å². The van der Waals surface area contributed by atoms with Crippen LogP contribution in [-0.2, 0) is 16.2 Å². The summed E-state index contributed by atoms with van der Waals surface area (Å²) in [6.07, 6.45) is 0. The monoisotopic (exact) mass is 1640 g/mol. The summed E-state index contributed by atoms with van der Waals surface area (Å²) in [5.74, 6) is 0.499. The second kappa shape index (κ2) is 37.1. The molecule has 620 valence electrons. The first-order chi connectivity index (χ1) is 59.9. The predicted molar refractivity (Wildman–Crippen MR) is 486 cm³/mol. The third-order valence-corrected chi connectivity index (χ3v) is 21.3. The Labute approximate surface area is 722 Å². The molecule has 6 aromatic heterocycles. The van der Waals surface area contributed by atoms with Gasteiger partial charge in [0.25, 0.3) is 17.7 Å². The zero-order valence-electron chi connectivity index (χ0n) is 71.6. The zero-order chi connectivity index (χ0) is 86.7. The lowest BCUT2D eigenvalue weighted by atomic mass is 9.74. The molecule has 0 bridgehead atoms. The quantitative estimate of drug-likeness (QED) is 0.0319. The van der Waals surface area contributed by atoms with Crippen LogP contribution in [0.15, 0.2) is 273 Å². The highest BCUT2D eigenvalue weighted by Gasteiger charge is 2.35. The van der Waals surface area contributed by atoms with Gasteiger partial charge in [-0.1, -0.05) is 299 Å². The maximum Gasteiger partial charge on any atom is 0.270 e. The lowest BCUT2D eigenvalue weighted by molar-refractivity contribution is 0.0934. The number of rotatable bonds is 27. The molecule has 0 spiro atoms. The van der Waals surface area contributed by atoms with Crippen molar-refractivity contribution in [2.45, 2.75) is 105 Å². The summed E-state index contributed by atoms with van der Waals surface area (Å²) in [5.41, 5.74) is 17.3. The molecule has 21 heteroatoms. The van der Waals surface area contributed by atoms with Crippen LogP contribution >= 0.6 is 0 Å². The van der Waals surface area contributed by atoms with Crippen LogP contribution in [0.2, 0.25) is 0 Å². The number of aromatic nitrogens is 12. The first-order valence-corrected chi connectivity index (χ1v) is 41.6. The second-order valence-corrected chi connectivity index (χ2v) is 33.5. The van der Waals surface area contributed by atoms with Crippen LogP contribution in [0.1, 0.15) is 150 Å². The molecule has 3 N–H and O–H groups in total. The van der Waals surface area contributed by atoms with Gasteiger partial charge in [-0.15, -0.1) is 30.6 Å². The third-order valence-electron chi connectivity index (χ3n) is 21.3. The summed E-state index contributed by atoms with van der Waals surface area (Å²) in [7, 11) is 0. The number of carbonyl (C=O) groups is 3. The summed E-state index contributed by atoms with van der Waals surface area (Å²) in [4.78, 5) is 73.0. The molecule has 0 atom stereocenters. The van der Waals surface area contributed by atoms with Crippen LogP contribution in [0.4, 0.5) is 0 Å². The molecule has 124 heavy (non-hydrogen) atoms. The maximum atomic E-state index is 14.5. The zero-order valence-corrected chi connectivity index (χ0v) is 71.6. The van der Waals surface area contributed by atoms with E-state index in [1.807, 2.05) is 182 Å². The van der Waals surface area contributed by atoms with Crippen LogP contribution in [-0.4, -0.2) is 118 Å². The topological polar surface area (TPSA) is 270 Å². The summed E-state index contributed by atoms with van der Waals surface area (Å²) in [5, 5.41) is 37.0. The minimum Gasteiger partial charge on any atom is -0.491 e. The van der Waals surface area contributed by atoms with Crippen LogP contribution in [0.5, 0.6) is 17.2 Å². The fraction of sp³-hybridized carbons (Fsp3) is 0.214. The molecule has 0 unspecified atom stereocenters. The highest BCUT2D eigenvalue weighted by atomic mass is 16.5. The SMILES string of the molecule is Cc1cc(C(C)(C)C)cc(C(c2cc(C(C)(C)C)cc(C)c2OCCNC(=O)c2cccc(-c3nnc(-c4ccccc4)c(-c4ccccc4)n3)n2)c2cc(C(C)(C)C)cc(C)c2OCCNC(=O)c2cccc(-c3nnc(-c4ccccc4)c(-c4ccccc4)n3)n2)c1OCCNC(=O)c1cccc(-c2nnc(-c3ccccc3)c(-c3ccccc3)n2)n1. The Morgan fingerprint density at radius 2 is 0.516 bits per heavy atom. The molecule has 9 aromatic carbocycles. The molecule has 0 saturated carbocycles. The average Bonchev–Trinajstić information content (AvgIpc) is 0.740. The number of carbonyl (C=O) groups excluding carboxylic acids is 3. The van der Waals surface area contributed by atoms with E-state index in [-0.39, 0.29) is 90.3 Å². The molecule has 0 aliphatic rings. The molecule has 6 heterocycles. The Kier molecular flexibility index (Phi) is 25.2. The lowest BCUT2D eigenvalue weighted by Crippen LogP contribution is -2.30. The highest BCUT2D eigenvalue weighted by Crippen LogP contribution is 2.51. The van der Waals surface area contributed by atoms with E-state index < -0.39 is 23.6 Å². The van der Waals surface area contributed by atoms with Gasteiger partial charge in [-0.05, 0) is 107 Å². The summed E-state index contributed by atoms with van der Waals surface area (Å²) in [6, 6.07) is 87.4. The first kappa shape index (κ1) is 84.3. The van der Waals surface area contributed by atoms with Crippen LogP contribution in [0, 0.1) is 20.8 Å². The first-order valence-electron chi connectivity index (χ1n) is 41.6. The molecule has 0 fully saturated rings. The van der Waals surface area contributed by atoms with Crippen molar-refractivity contribution in [3.05, 3.63) is 340 Å². The van der Waals surface area contributed by atoms with Gasteiger partial charge >= 0.3 is 0 Å². The van der Waals surface area contributed by atoms with Gasteiger partial charge in [0, 0.05) is 56.0 Å². The van der Waals surface area contributed by atoms with E-state index >= 15 is 0 Å². The van der Waals surface area contributed by atoms with Crippen molar-refractivity contribution in [3.8, 4) is 119 Å². The van der Waals surface area contributed by atoms with Gasteiger partial charge in [0.2, 0.25) is 17.5 Å². The Bertz CT molecular complexity index is 5750. The van der Waals surface area contributed by atoms with Crippen molar-refractivity contribution in [3.63, 3.8) is 0 Å². The van der Waals surface area contributed by atoms with E-state index in [2.05, 4.69) is 166 Å². The summed E-state index contributed by atoms with van der Waals surface area (Å²) >= 11 is 0. The normalized spacial score (nSPS) is 11.6. The number of ether oxygens (including phenoxy) is 3. The minimum absolute atomic E-state index is 0.0391. The van der Waals surface area contributed by atoms with Crippen molar-refractivity contribution in [2.75, 3.05) is 39.5 Å². The number of nitrogens with zero attached hydrogens (tertiary/aromatic N) is 12. The van der Waals surface area contributed by atoms with E-state index in [9.17, 15) is 14.4 Å². The Morgan fingerprint density at radius 1 is 0.282 bits per heavy atom. The van der Waals surface area contributed by atoms with Gasteiger partial charge in [-0.2, -0.15) is 0 Å². The van der Waals surface area contributed by atoms with Crippen LogP contribution in [0.3, 0.4) is 0 Å². The largest absolute Gasteiger partial charge is 0.491 e. The summed E-state index contributed by atoms with van der Waals surface area (Å²) in [6.45, 7) is 26.2. The van der Waals surface area contributed by atoms with Crippen LogP contribution in [0.25, 0.3) is 102 Å². The number of aryl methyl sites for hydroxylation is 3. The van der Waals surface area contributed by atoms with E-state index in [1.165, 1.54) is 0 Å². The molecular formula is C103H97N15O6. The van der Waals surface area contributed by atoms with Crippen molar-refractivity contribution in [2.24, 2.45) is 0 Å². The van der Waals surface area contributed by atoms with Crippen molar-refractivity contribution >= 4 is 17.7 Å². The van der Waals surface area contributed by atoms with Gasteiger partial charge < -0.3 is 30.2 Å². The minimum atomic E-state index is -0.727. The number of benzene rings is 9. The number of nitrogens with one attached hydrogen (secondary N) is 3. The number of amides is 3. The molecule has 0 aliphatic heterocycles. The molecular weight excluding hydrogens is 1540 g/mol. The Hall–Kier alpha value is -14.7.